The number of halogens is 1. The molecule has 3 nitrogen and oxygen atoms in total. The topological polar surface area (TPSA) is 34.1 Å². The lowest BCUT2D eigenvalue weighted by molar-refractivity contribution is 0.0995. The molecule has 1 saturated heterocycles. The van der Waals surface area contributed by atoms with Crippen LogP contribution in [0.4, 0.5) is 0 Å². The number of hydrogen-bond donors (Lipinski definition) is 1. The van der Waals surface area contributed by atoms with Crippen molar-refractivity contribution in [3.63, 3.8) is 0 Å². The van der Waals surface area contributed by atoms with Crippen LogP contribution in [0.25, 0.3) is 0 Å². The molecule has 1 aromatic rings. The minimum absolute atomic E-state index is 0.488. The summed E-state index contributed by atoms with van der Waals surface area (Å²) in [6, 6.07) is 2.69. The van der Waals surface area contributed by atoms with Gasteiger partial charge in [-0.25, -0.2) is 0 Å². The summed E-state index contributed by atoms with van der Waals surface area (Å²) in [6.45, 7) is 4.25. The molecular weight excluding hydrogens is 316 g/mol. The molecule has 0 aromatic carbocycles. The van der Waals surface area contributed by atoms with E-state index in [1.165, 1.54) is 37.7 Å². The molecule has 1 aromatic heterocycles. The summed E-state index contributed by atoms with van der Waals surface area (Å²) in [5.74, 6) is 0. The monoisotopic (exact) mass is 340 g/mol. The van der Waals surface area contributed by atoms with Gasteiger partial charge in [0.15, 0.2) is 0 Å². The molecular formula is C16H25BrN2O. The van der Waals surface area contributed by atoms with Crippen LogP contribution in [0.15, 0.2) is 22.9 Å². The summed E-state index contributed by atoms with van der Waals surface area (Å²) >= 11 is 3.49. The van der Waals surface area contributed by atoms with E-state index in [9.17, 15) is 0 Å². The molecule has 0 aliphatic carbocycles. The van der Waals surface area contributed by atoms with E-state index in [-0.39, 0.29) is 0 Å². The number of rotatable bonds is 8. The predicted octanol–water partition coefficient (Wildman–Crippen LogP) is 3.71. The quantitative estimate of drug-likeness (QED) is 0.783. The van der Waals surface area contributed by atoms with Gasteiger partial charge in [-0.3, -0.25) is 4.98 Å². The number of hydrogen-bond acceptors (Lipinski definition) is 3. The molecule has 1 aliphatic heterocycles. The predicted molar refractivity (Wildman–Crippen MR) is 85.9 cm³/mol. The smallest absolute Gasteiger partial charge is 0.0576 e. The van der Waals surface area contributed by atoms with Crippen molar-refractivity contribution in [3.05, 3.63) is 28.5 Å². The van der Waals surface area contributed by atoms with Crippen LogP contribution in [0.5, 0.6) is 0 Å². The third kappa shape index (κ3) is 5.51. The van der Waals surface area contributed by atoms with Crippen LogP contribution in [-0.4, -0.2) is 30.3 Å². The molecule has 0 spiro atoms. The molecule has 112 valence electrons. The van der Waals surface area contributed by atoms with Crippen molar-refractivity contribution >= 4 is 15.9 Å². The van der Waals surface area contributed by atoms with Crippen molar-refractivity contribution in [2.75, 3.05) is 13.2 Å². The fourth-order valence-corrected chi connectivity index (χ4v) is 3.15. The second-order valence-corrected chi connectivity index (χ2v) is 6.49. The van der Waals surface area contributed by atoms with E-state index >= 15 is 0 Å². The third-order valence-corrected chi connectivity index (χ3v) is 4.22. The first-order valence-corrected chi connectivity index (χ1v) is 8.51. The average Bonchev–Trinajstić information content (AvgIpc) is 2.95. The molecule has 2 unspecified atom stereocenters. The minimum Gasteiger partial charge on any atom is -0.378 e. The van der Waals surface area contributed by atoms with E-state index in [0.717, 1.165) is 24.0 Å². The minimum atomic E-state index is 0.488. The second kappa shape index (κ2) is 8.75. The van der Waals surface area contributed by atoms with Crippen LogP contribution in [0.2, 0.25) is 0 Å². The van der Waals surface area contributed by atoms with Crippen LogP contribution < -0.4 is 5.32 Å². The maximum atomic E-state index is 5.73. The van der Waals surface area contributed by atoms with Gasteiger partial charge in [-0.05, 0) is 72.6 Å². The summed E-state index contributed by atoms with van der Waals surface area (Å²) in [6.07, 6.45) is 11.3. The first-order valence-electron chi connectivity index (χ1n) is 7.72. The first kappa shape index (κ1) is 15.9. The Labute approximate surface area is 130 Å². The Morgan fingerprint density at radius 1 is 1.50 bits per heavy atom. The Hall–Kier alpha value is -0.450. The van der Waals surface area contributed by atoms with E-state index in [1.807, 2.05) is 12.4 Å². The van der Waals surface area contributed by atoms with E-state index in [0.29, 0.717) is 12.1 Å². The zero-order valence-corrected chi connectivity index (χ0v) is 13.9. The summed E-state index contributed by atoms with van der Waals surface area (Å²) in [7, 11) is 0. The number of nitrogens with one attached hydrogen (secondary N) is 1. The second-order valence-electron chi connectivity index (χ2n) is 5.58. The van der Waals surface area contributed by atoms with Crippen LogP contribution in [0.3, 0.4) is 0 Å². The Morgan fingerprint density at radius 3 is 3.10 bits per heavy atom. The fourth-order valence-electron chi connectivity index (χ4n) is 2.74. The highest BCUT2D eigenvalue weighted by atomic mass is 79.9. The molecule has 0 bridgehead atoms. The Bertz CT molecular complexity index is 394. The van der Waals surface area contributed by atoms with Crippen molar-refractivity contribution in [1.82, 2.24) is 10.3 Å². The van der Waals surface area contributed by atoms with Crippen molar-refractivity contribution < 1.29 is 4.74 Å². The lowest BCUT2D eigenvalue weighted by Crippen LogP contribution is -2.32. The Balaban J connectivity index is 1.85. The van der Waals surface area contributed by atoms with E-state index in [2.05, 4.69) is 39.2 Å². The maximum Gasteiger partial charge on any atom is 0.0576 e. The number of nitrogens with zero attached hydrogens (tertiary/aromatic N) is 1. The van der Waals surface area contributed by atoms with Crippen LogP contribution in [0.1, 0.15) is 44.6 Å². The van der Waals surface area contributed by atoms with Crippen LogP contribution in [-0.2, 0) is 11.2 Å². The summed E-state index contributed by atoms with van der Waals surface area (Å²) < 4.78 is 6.79. The van der Waals surface area contributed by atoms with Gasteiger partial charge in [-0.1, -0.05) is 6.92 Å². The van der Waals surface area contributed by atoms with Gasteiger partial charge in [0.2, 0.25) is 0 Å². The molecule has 0 amide bonds. The lowest BCUT2D eigenvalue weighted by Gasteiger charge is -2.20. The largest absolute Gasteiger partial charge is 0.378 e. The number of aromatic nitrogens is 1. The summed E-state index contributed by atoms with van der Waals surface area (Å²) in [4.78, 5) is 4.26. The fraction of sp³-hybridized carbons (Fsp3) is 0.688. The molecule has 20 heavy (non-hydrogen) atoms. The van der Waals surface area contributed by atoms with Gasteiger partial charge in [-0.2, -0.15) is 0 Å². The van der Waals surface area contributed by atoms with Crippen molar-refractivity contribution in [1.29, 1.82) is 0 Å². The van der Waals surface area contributed by atoms with E-state index < -0.39 is 0 Å². The molecule has 1 N–H and O–H groups in total. The van der Waals surface area contributed by atoms with Crippen molar-refractivity contribution in [2.45, 2.75) is 57.6 Å². The highest BCUT2D eigenvalue weighted by Crippen LogP contribution is 2.19. The molecule has 2 heterocycles. The average molecular weight is 341 g/mol. The zero-order valence-electron chi connectivity index (χ0n) is 12.3. The SMILES string of the molecule is CCCNC(CCC1CCCO1)Cc1cncc(Br)c1. The molecule has 2 atom stereocenters. The van der Waals surface area contributed by atoms with Crippen molar-refractivity contribution in [2.24, 2.45) is 0 Å². The van der Waals surface area contributed by atoms with Gasteiger partial charge in [0, 0.05) is 29.5 Å². The van der Waals surface area contributed by atoms with Crippen LogP contribution in [0, 0.1) is 0 Å². The van der Waals surface area contributed by atoms with Gasteiger partial charge >= 0.3 is 0 Å². The van der Waals surface area contributed by atoms with Gasteiger partial charge in [0.25, 0.3) is 0 Å². The van der Waals surface area contributed by atoms with Crippen LogP contribution >= 0.6 is 15.9 Å². The molecule has 1 aliphatic rings. The highest BCUT2D eigenvalue weighted by Gasteiger charge is 2.18. The van der Waals surface area contributed by atoms with Gasteiger partial charge in [-0.15, -0.1) is 0 Å². The zero-order chi connectivity index (χ0) is 14.2. The maximum absolute atomic E-state index is 5.73. The Kier molecular flexibility index (Phi) is 6.97. The number of pyridine rings is 1. The number of ether oxygens (including phenoxy) is 1. The highest BCUT2D eigenvalue weighted by molar-refractivity contribution is 9.10. The summed E-state index contributed by atoms with van der Waals surface area (Å²) in [5, 5.41) is 3.66. The third-order valence-electron chi connectivity index (χ3n) is 3.79. The van der Waals surface area contributed by atoms with Crippen molar-refractivity contribution in [3.8, 4) is 0 Å². The first-order chi connectivity index (χ1) is 9.78. The normalized spacial score (nSPS) is 20.2. The Morgan fingerprint density at radius 2 is 2.40 bits per heavy atom. The molecule has 4 heteroatoms. The molecule has 2 rings (SSSR count). The van der Waals surface area contributed by atoms with Gasteiger partial charge in [0.05, 0.1) is 6.10 Å². The molecule has 0 saturated carbocycles. The van der Waals surface area contributed by atoms with E-state index in [1.54, 1.807) is 0 Å². The lowest BCUT2D eigenvalue weighted by atomic mass is 10.00. The molecule has 1 fully saturated rings. The van der Waals surface area contributed by atoms with Gasteiger partial charge in [0.1, 0.15) is 0 Å². The van der Waals surface area contributed by atoms with E-state index in [4.69, 9.17) is 4.74 Å². The summed E-state index contributed by atoms with van der Waals surface area (Å²) in [5.41, 5.74) is 1.29. The molecule has 0 radical (unpaired) electrons. The van der Waals surface area contributed by atoms with Gasteiger partial charge < -0.3 is 10.1 Å². The standard InChI is InChI=1S/C16H25BrN2O/c1-2-7-19-15(5-6-16-4-3-8-20-16)10-13-9-14(17)12-18-11-13/h9,11-12,15-16,19H,2-8,10H2,1H3.